The lowest BCUT2D eigenvalue weighted by atomic mass is 9.98. The Kier molecular flexibility index (Phi) is 5.06. The van der Waals surface area contributed by atoms with Gasteiger partial charge < -0.3 is 14.6 Å². The van der Waals surface area contributed by atoms with Gasteiger partial charge in [-0.3, -0.25) is 0 Å². The minimum absolute atomic E-state index is 0.437. The lowest BCUT2D eigenvalue weighted by Gasteiger charge is -2.22. The normalized spacial score (nSPS) is 15.9. The van der Waals surface area contributed by atoms with Crippen molar-refractivity contribution in [2.45, 2.75) is 58.3 Å². The molecule has 0 radical (unpaired) electrons. The second kappa shape index (κ2) is 7.40. The molecule has 1 heterocycles. The first kappa shape index (κ1) is 15.0. The Balaban J connectivity index is 1.50. The third kappa shape index (κ3) is 4.31. The van der Waals surface area contributed by atoms with Crippen molar-refractivity contribution in [1.82, 2.24) is 10.1 Å². The highest BCUT2D eigenvalue weighted by atomic mass is 16.5. The van der Waals surface area contributed by atoms with E-state index in [2.05, 4.69) is 27.6 Å². The maximum atomic E-state index is 6.02. The molecule has 5 nitrogen and oxygen atoms in total. The van der Waals surface area contributed by atoms with Gasteiger partial charge in [-0.2, -0.15) is 4.98 Å². The molecule has 0 amide bonds. The fourth-order valence-corrected chi connectivity index (χ4v) is 2.81. The van der Waals surface area contributed by atoms with Crippen LogP contribution in [0.3, 0.4) is 0 Å². The topological polar surface area (TPSA) is 60.2 Å². The van der Waals surface area contributed by atoms with Gasteiger partial charge in [0.2, 0.25) is 5.89 Å². The number of hydrogen-bond donors (Lipinski definition) is 1. The summed E-state index contributed by atoms with van der Waals surface area (Å²) in [6.07, 6.45) is 6.80. The fourth-order valence-electron chi connectivity index (χ4n) is 2.81. The third-order valence-corrected chi connectivity index (χ3v) is 3.98. The molecule has 1 N–H and O–H groups in total. The van der Waals surface area contributed by atoms with Gasteiger partial charge in [0, 0.05) is 5.69 Å². The number of anilines is 1. The van der Waals surface area contributed by atoms with Crippen molar-refractivity contribution in [3.63, 3.8) is 0 Å². The molecule has 0 bridgehead atoms. The first-order valence-electron chi connectivity index (χ1n) is 8.03. The van der Waals surface area contributed by atoms with E-state index in [-0.39, 0.29) is 0 Å². The van der Waals surface area contributed by atoms with Gasteiger partial charge in [-0.1, -0.05) is 36.6 Å². The van der Waals surface area contributed by atoms with Gasteiger partial charge in [0.15, 0.2) is 5.82 Å². The maximum Gasteiger partial charge on any atom is 0.245 e. The van der Waals surface area contributed by atoms with Gasteiger partial charge in [-0.25, -0.2) is 0 Å². The second-order valence-electron chi connectivity index (χ2n) is 5.86. The molecule has 0 aliphatic heterocycles. The van der Waals surface area contributed by atoms with Crippen molar-refractivity contribution >= 4 is 5.69 Å². The lowest BCUT2D eigenvalue weighted by Crippen LogP contribution is -2.16. The third-order valence-electron chi connectivity index (χ3n) is 3.98. The number of nitrogens with one attached hydrogen (secondary N) is 1. The van der Waals surface area contributed by atoms with Gasteiger partial charge in [0.1, 0.15) is 0 Å². The van der Waals surface area contributed by atoms with Crippen LogP contribution in [0, 0.1) is 6.92 Å². The summed E-state index contributed by atoms with van der Waals surface area (Å²) < 4.78 is 11.1. The Morgan fingerprint density at radius 3 is 2.91 bits per heavy atom. The zero-order valence-corrected chi connectivity index (χ0v) is 13.0. The van der Waals surface area contributed by atoms with Crippen LogP contribution in [-0.4, -0.2) is 16.2 Å². The largest absolute Gasteiger partial charge is 0.376 e. The van der Waals surface area contributed by atoms with E-state index in [1.54, 1.807) is 0 Å². The lowest BCUT2D eigenvalue weighted by molar-refractivity contribution is 0.0169. The average molecular weight is 301 g/mol. The highest BCUT2D eigenvalue weighted by molar-refractivity contribution is 5.45. The van der Waals surface area contributed by atoms with E-state index in [4.69, 9.17) is 9.26 Å². The zero-order valence-electron chi connectivity index (χ0n) is 13.0. The van der Waals surface area contributed by atoms with E-state index in [1.165, 1.54) is 37.7 Å². The highest BCUT2D eigenvalue weighted by Gasteiger charge is 2.13. The van der Waals surface area contributed by atoms with Crippen molar-refractivity contribution < 1.29 is 9.26 Å². The zero-order chi connectivity index (χ0) is 15.2. The summed E-state index contributed by atoms with van der Waals surface area (Å²) in [5, 5.41) is 7.08. The summed E-state index contributed by atoms with van der Waals surface area (Å²) in [5.41, 5.74) is 2.23. The van der Waals surface area contributed by atoms with Crippen LogP contribution < -0.4 is 5.32 Å². The Hall–Kier alpha value is -1.88. The molecule has 0 atom stereocenters. The van der Waals surface area contributed by atoms with Crippen LogP contribution in [0.5, 0.6) is 0 Å². The van der Waals surface area contributed by atoms with E-state index in [1.807, 2.05) is 19.1 Å². The minimum Gasteiger partial charge on any atom is -0.376 e. The Labute approximate surface area is 131 Å². The molecular weight excluding hydrogens is 278 g/mol. The molecule has 3 rings (SSSR count). The smallest absolute Gasteiger partial charge is 0.245 e. The molecular formula is C17H23N3O2. The number of rotatable bonds is 6. The second-order valence-corrected chi connectivity index (χ2v) is 5.86. The van der Waals surface area contributed by atoms with Crippen LogP contribution in [-0.2, 0) is 17.9 Å². The summed E-state index contributed by atoms with van der Waals surface area (Å²) in [4.78, 5) is 4.18. The van der Waals surface area contributed by atoms with Gasteiger partial charge in [0.05, 0.1) is 19.3 Å². The SMILES string of the molecule is Cc1noc(CNc2cccc(COC3CCCCC3)c2)n1. The molecule has 1 saturated carbocycles. The first-order chi connectivity index (χ1) is 10.8. The van der Waals surface area contributed by atoms with Crippen LogP contribution in [0.25, 0.3) is 0 Å². The van der Waals surface area contributed by atoms with Gasteiger partial charge in [-0.05, 0) is 37.5 Å². The molecule has 1 aromatic carbocycles. The van der Waals surface area contributed by atoms with Gasteiger partial charge in [0.25, 0.3) is 0 Å². The van der Waals surface area contributed by atoms with Crippen LogP contribution in [0.15, 0.2) is 28.8 Å². The Morgan fingerprint density at radius 1 is 1.27 bits per heavy atom. The standard InChI is InChI=1S/C17H23N3O2/c1-13-19-17(22-20-13)11-18-15-7-5-6-14(10-15)12-21-16-8-3-2-4-9-16/h5-7,10,16,18H,2-4,8-9,11-12H2,1H3. The predicted molar refractivity (Wildman–Crippen MR) is 84.5 cm³/mol. The monoisotopic (exact) mass is 301 g/mol. The minimum atomic E-state index is 0.437. The molecule has 5 heteroatoms. The molecule has 0 saturated heterocycles. The van der Waals surface area contributed by atoms with E-state index in [0.717, 1.165) is 5.69 Å². The fraction of sp³-hybridized carbons (Fsp3) is 0.529. The molecule has 1 aliphatic rings. The average Bonchev–Trinajstić information content (AvgIpc) is 2.98. The molecule has 22 heavy (non-hydrogen) atoms. The molecule has 2 aromatic rings. The summed E-state index contributed by atoms with van der Waals surface area (Å²) in [7, 11) is 0. The summed E-state index contributed by atoms with van der Waals surface area (Å²) >= 11 is 0. The van der Waals surface area contributed by atoms with Crippen molar-refractivity contribution in [3.05, 3.63) is 41.5 Å². The van der Waals surface area contributed by atoms with Crippen molar-refractivity contribution in [3.8, 4) is 0 Å². The van der Waals surface area contributed by atoms with E-state index < -0.39 is 0 Å². The highest BCUT2D eigenvalue weighted by Crippen LogP contribution is 2.22. The summed E-state index contributed by atoms with van der Waals surface area (Å²) in [6, 6.07) is 8.30. The van der Waals surface area contributed by atoms with E-state index in [0.29, 0.717) is 31.0 Å². The maximum absolute atomic E-state index is 6.02. The molecule has 1 aliphatic carbocycles. The van der Waals surface area contributed by atoms with Crippen molar-refractivity contribution in [1.29, 1.82) is 0 Å². The first-order valence-corrected chi connectivity index (χ1v) is 8.03. The van der Waals surface area contributed by atoms with Crippen molar-refractivity contribution in [2.24, 2.45) is 0 Å². The number of benzene rings is 1. The molecule has 0 unspecified atom stereocenters. The van der Waals surface area contributed by atoms with Crippen LogP contribution in [0.2, 0.25) is 0 Å². The number of hydrogen-bond acceptors (Lipinski definition) is 5. The van der Waals surface area contributed by atoms with E-state index >= 15 is 0 Å². The Bertz CT molecular complexity index is 591. The number of aryl methyl sites for hydroxylation is 1. The predicted octanol–water partition coefficient (Wildman–Crippen LogP) is 3.84. The molecule has 118 valence electrons. The van der Waals surface area contributed by atoms with Crippen molar-refractivity contribution in [2.75, 3.05) is 5.32 Å². The summed E-state index contributed by atoms with van der Waals surface area (Å²) in [5.74, 6) is 1.26. The molecule has 1 fully saturated rings. The molecule has 0 spiro atoms. The summed E-state index contributed by atoms with van der Waals surface area (Å²) in [6.45, 7) is 3.03. The quantitative estimate of drug-likeness (QED) is 0.878. The van der Waals surface area contributed by atoms with Crippen LogP contribution in [0.4, 0.5) is 5.69 Å². The number of aromatic nitrogens is 2. The van der Waals surface area contributed by atoms with Crippen LogP contribution >= 0.6 is 0 Å². The van der Waals surface area contributed by atoms with Gasteiger partial charge in [-0.15, -0.1) is 0 Å². The number of ether oxygens (including phenoxy) is 1. The van der Waals surface area contributed by atoms with Gasteiger partial charge >= 0.3 is 0 Å². The van der Waals surface area contributed by atoms with Crippen LogP contribution in [0.1, 0.15) is 49.4 Å². The van der Waals surface area contributed by atoms with E-state index in [9.17, 15) is 0 Å². The molecule has 1 aromatic heterocycles. The number of nitrogens with zero attached hydrogens (tertiary/aromatic N) is 2. The Morgan fingerprint density at radius 2 is 2.14 bits per heavy atom.